The standard InChI is InChI=1S/C23H28N2O2/c1-15(2)25-21-14-19(6)18(5)13-20(21)24(23(25)26)10-7-11-27-22-12-16(3)8-9-17(22)4/h8-9,12-14H,1,7,10-11H2,2-6H3. The molecule has 0 spiro atoms. The van der Waals surface area contributed by atoms with Crippen molar-refractivity contribution in [1.29, 1.82) is 0 Å². The molecule has 0 saturated heterocycles. The van der Waals surface area contributed by atoms with Crippen LogP contribution in [-0.4, -0.2) is 15.7 Å². The van der Waals surface area contributed by atoms with E-state index in [9.17, 15) is 4.79 Å². The summed E-state index contributed by atoms with van der Waals surface area (Å²) in [5, 5.41) is 0. The topological polar surface area (TPSA) is 36.2 Å². The van der Waals surface area contributed by atoms with E-state index in [-0.39, 0.29) is 5.69 Å². The van der Waals surface area contributed by atoms with Crippen molar-refractivity contribution in [2.45, 2.75) is 47.6 Å². The van der Waals surface area contributed by atoms with Gasteiger partial charge in [-0.25, -0.2) is 4.79 Å². The third kappa shape index (κ3) is 3.70. The summed E-state index contributed by atoms with van der Waals surface area (Å²) in [4.78, 5) is 12.9. The Morgan fingerprint density at radius 1 is 1.00 bits per heavy atom. The summed E-state index contributed by atoms with van der Waals surface area (Å²) in [5.41, 5.74) is 7.25. The monoisotopic (exact) mass is 364 g/mol. The number of allylic oxidation sites excluding steroid dienone is 1. The van der Waals surface area contributed by atoms with Crippen LogP contribution in [0.3, 0.4) is 0 Å². The van der Waals surface area contributed by atoms with Crippen LogP contribution in [-0.2, 0) is 6.54 Å². The lowest BCUT2D eigenvalue weighted by Gasteiger charge is -2.10. The number of rotatable bonds is 6. The smallest absolute Gasteiger partial charge is 0.333 e. The zero-order valence-electron chi connectivity index (χ0n) is 16.9. The van der Waals surface area contributed by atoms with Gasteiger partial charge in [-0.05, 0) is 81.5 Å². The van der Waals surface area contributed by atoms with E-state index in [0.717, 1.165) is 34.5 Å². The molecule has 0 atom stereocenters. The van der Waals surface area contributed by atoms with Gasteiger partial charge in [0.15, 0.2) is 0 Å². The minimum Gasteiger partial charge on any atom is -0.493 e. The van der Waals surface area contributed by atoms with E-state index in [1.807, 2.05) is 18.4 Å². The zero-order valence-corrected chi connectivity index (χ0v) is 16.9. The summed E-state index contributed by atoms with van der Waals surface area (Å²) >= 11 is 0. The maximum absolute atomic E-state index is 12.9. The van der Waals surface area contributed by atoms with Crippen LogP contribution < -0.4 is 10.4 Å². The molecule has 0 amide bonds. The Morgan fingerprint density at radius 3 is 2.33 bits per heavy atom. The minimum atomic E-state index is -0.0331. The van der Waals surface area contributed by atoms with Gasteiger partial charge in [-0.2, -0.15) is 0 Å². The molecule has 0 fully saturated rings. The molecule has 142 valence electrons. The second kappa shape index (κ2) is 7.47. The van der Waals surface area contributed by atoms with Crippen LogP contribution in [0.15, 0.2) is 41.7 Å². The number of hydrogen-bond donors (Lipinski definition) is 0. The number of nitrogens with zero attached hydrogens (tertiary/aromatic N) is 2. The number of ether oxygens (including phenoxy) is 1. The van der Waals surface area contributed by atoms with Gasteiger partial charge < -0.3 is 4.74 Å². The van der Waals surface area contributed by atoms with Crippen LogP contribution >= 0.6 is 0 Å². The first-order valence-corrected chi connectivity index (χ1v) is 9.38. The average Bonchev–Trinajstić information content (AvgIpc) is 2.86. The van der Waals surface area contributed by atoms with Crippen LogP contribution in [0, 0.1) is 27.7 Å². The lowest BCUT2D eigenvalue weighted by atomic mass is 10.1. The van der Waals surface area contributed by atoms with Gasteiger partial charge in [0, 0.05) is 12.2 Å². The Morgan fingerprint density at radius 2 is 1.67 bits per heavy atom. The zero-order chi connectivity index (χ0) is 19.7. The summed E-state index contributed by atoms with van der Waals surface area (Å²) in [6, 6.07) is 10.4. The van der Waals surface area contributed by atoms with Crippen molar-refractivity contribution in [1.82, 2.24) is 9.13 Å². The Kier molecular flexibility index (Phi) is 5.26. The van der Waals surface area contributed by atoms with E-state index in [0.29, 0.717) is 13.2 Å². The fourth-order valence-electron chi connectivity index (χ4n) is 3.36. The summed E-state index contributed by atoms with van der Waals surface area (Å²) in [6.45, 7) is 15.3. The molecule has 0 aliphatic rings. The molecule has 4 nitrogen and oxygen atoms in total. The molecule has 27 heavy (non-hydrogen) atoms. The lowest BCUT2D eigenvalue weighted by Crippen LogP contribution is -2.24. The summed E-state index contributed by atoms with van der Waals surface area (Å²) in [7, 11) is 0. The number of benzene rings is 2. The molecule has 2 aromatic carbocycles. The highest BCUT2D eigenvalue weighted by atomic mass is 16.5. The van der Waals surface area contributed by atoms with E-state index in [2.05, 4.69) is 57.7 Å². The molecule has 0 aliphatic heterocycles. The van der Waals surface area contributed by atoms with E-state index >= 15 is 0 Å². The fraction of sp³-hybridized carbons (Fsp3) is 0.348. The quantitative estimate of drug-likeness (QED) is 0.577. The first-order valence-electron chi connectivity index (χ1n) is 9.38. The summed E-state index contributed by atoms with van der Waals surface area (Å²) in [5.74, 6) is 0.915. The highest BCUT2D eigenvalue weighted by molar-refractivity contribution is 5.81. The Balaban J connectivity index is 1.83. The first kappa shape index (κ1) is 19.0. The molecule has 1 aromatic heterocycles. The molecular formula is C23H28N2O2. The molecule has 3 aromatic rings. The molecule has 0 bridgehead atoms. The van der Waals surface area contributed by atoms with Gasteiger partial charge in [-0.15, -0.1) is 0 Å². The molecule has 4 heteroatoms. The van der Waals surface area contributed by atoms with E-state index < -0.39 is 0 Å². The highest BCUT2D eigenvalue weighted by Crippen LogP contribution is 2.22. The second-order valence-corrected chi connectivity index (χ2v) is 7.40. The third-order valence-electron chi connectivity index (χ3n) is 5.05. The van der Waals surface area contributed by atoms with Crippen LogP contribution in [0.25, 0.3) is 16.7 Å². The normalized spacial score (nSPS) is 11.1. The van der Waals surface area contributed by atoms with Crippen LogP contribution in [0.1, 0.15) is 35.6 Å². The summed E-state index contributed by atoms with van der Waals surface area (Å²) in [6.07, 6.45) is 0.759. The van der Waals surface area contributed by atoms with Crippen molar-refractivity contribution in [3.05, 3.63) is 69.6 Å². The van der Waals surface area contributed by atoms with Crippen LogP contribution in [0.2, 0.25) is 0 Å². The Bertz CT molecular complexity index is 1070. The SMILES string of the molecule is C=C(C)n1c(=O)n(CCCOc2cc(C)ccc2C)c2cc(C)c(C)cc21. The van der Waals surface area contributed by atoms with Crippen molar-refractivity contribution < 1.29 is 4.74 Å². The fourth-order valence-corrected chi connectivity index (χ4v) is 3.36. The van der Waals surface area contributed by atoms with Gasteiger partial charge in [0.25, 0.3) is 0 Å². The number of aryl methyl sites for hydroxylation is 5. The van der Waals surface area contributed by atoms with Gasteiger partial charge in [-0.1, -0.05) is 18.7 Å². The molecule has 0 aliphatic carbocycles. The average molecular weight is 364 g/mol. The van der Waals surface area contributed by atoms with Crippen molar-refractivity contribution in [2.75, 3.05) is 6.61 Å². The molecular weight excluding hydrogens is 336 g/mol. The van der Waals surface area contributed by atoms with Crippen molar-refractivity contribution in [3.63, 3.8) is 0 Å². The number of aromatic nitrogens is 2. The predicted octanol–water partition coefficient (Wildman–Crippen LogP) is 5.00. The predicted molar refractivity (Wildman–Crippen MR) is 113 cm³/mol. The van der Waals surface area contributed by atoms with Crippen molar-refractivity contribution >= 4 is 16.7 Å². The molecule has 3 rings (SSSR count). The van der Waals surface area contributed by atoms with Gasteiger partial charge in [-0.3, -0.25) is 9.13 Å². The van der Waals surface area contributed by atoms with Crippen LogP contribution in [0.4, 0.5) is 0 Å². The number of fused-ring (bicyclic) bond motifs is 1. The largest absolute Gasteiger partial charge is 0.493 e. The number of imidazole rings is 1. The van der Waals surface area contributed by atoms with E-state index in [4.69, 9.17) is 4.74 Å². The van der Waals surface area contributed by atoms with Crippen LogP contribution in [0.5, 0.6) is 5.75 Å². The highest BCUT2D eigenvalue weighted by Gasteiger charge is 2.14. The first-order chi connectivity index (χ1) is 12.8. The summed E-state index contributed by atoms with van der Waals surface area (Å²) < 4.78 is 9.49. The maximum atomic E-state index is 12.9. The third-order valence-corrected chi connectivity index (χ3v) is 5.05. The minimum absolute atomic E-state index is 0.0331. The van der Waals surface area contributed by atoms with E-state index in [1.54, 1.807) is 4.57 Å². The number of hydrogen-bond acceptors (Lipinski definition) is 2. The molecule has 0 unspecified atom stereocenters. The van der Waals surface area contributed by atoms with Gasteiger partial charge >= 0.3 is 5.69 Å². The van der Waals surface area contributed by atoms with Crippen molar-refractivity contribution in [2.24, 2.45) is 0 Å². The molecule has 0 saturated carbocycles. The second-order valence-electron chi connectivity index (χ2n) is 7.40. The molecule has 1 heterocycles. The van der Waals surface area contributed by atoms with Gasteiger partial charge in [0.1, 0.15) is 5.75 Å². The lowest BCUT2D eigenvalue weighted by molar-refractivity contribution is 0.299. The van der Waals surface area contributed by atoms with Crippen molar-refractivity contribution in [3.8, 4) is 5.75 Å². The Hall–Kier alpha value is -2.75. The van der Waals surface area contributed by atoms with E-state index in [1.165, 1.54) is 16.7 Å². The molecule has 0 N–H and O–H groups in total. The molecule has 0 radical (unpaired) electrons. The maximum Gasteiger partial charge on any atom is 0.333 e. The van der Waals surface area contributed by atoms with Gasteiger partial charge in [0.05, 0.1) is 17.6 Å². The Labute approximate surface area is 160 Å². The van der Waals surface area contributed by atoms with Gasteiger partial charge in [0.2, 0.25) is 0 Å².